The van der Waals surface area contributed by atoms with Crippen molar-refractivity contribution < 1.29 is 9.47 Å². The van der Waals surface area contributed by atoms with Gasteiger partial charge in [-0.1, -0.05) is 35.6 Å². The fourth-order valence-electron chi connectivity index (χ4n) is 2.63. The van der Waals surface area contributed by atoms with Gasteiger partial charge in [-0.3, -0.25) is 4.79 Å². The molecule has 0 fully saturated rings. The first-order valence-corrected chi connectivity index (χ1v) is 8.70. The minimum Gasteiger partial charge on any atom is -0.497 e. The van der Waals surface area contributed by atoms with Gasteiger partial charge in [-0.15, -0.1) is 5.10 Å². The van der Waals surface area contributed by atoms with Gasteiger partial charge in [0.25, 0.3) is 5.56 Å². The van der Waals surface area contributed by atoms with E-state index in [2.05, 4.69) is 10.1 Å². The summed E-state index contributed by atoms with van der Waals surface area (Å²) in [6.07, 6.45) is 1.82. The van der Waals surface area contributed by atoms with E-state index >= 15 is 0 Å². The van der Waals surface area contributed by atoms with Gasteiger partial charge in [0.1, 0.15) is 11.5 Å². The lowest BCUT2D eigenvalue weighted by Crippen LogP contribution is -2.23. The van der Waals surface area contributed by atoms with Crippen LogP contribution in [0, 0.1) is 0 Å². The molecule has 26 heavy (non-hydrogen) atoms. The Morgan fingerprint density at radius 2 is 1.81 bits per heavy atom. The molecule has 0 unspecified atom stereocenters. The predicted molar refractivity (Wildman–Crippen MR) is 101 cm³/mol. The molecule has 2 aromatic heterocycles. The zero-order chi connectivity index (χ0) is 18.1. The number of methoxy groups -OCH3 is 2. The van der Waals surface area contributed by atoms with Crippen LogP contribution in [0.1, 0.15) is 5.56 Å². The third-order valence-corrected chi connectivity index (χ3v) is 4.90. The maximum atomic E-state index is 12.6. The zero-order valence-corrected chi connectivity index (χ0v) is 15.0. The molecule has 0 amide bonds. The Morgan fingerprint density at radius 3 is 2.50 bits per heavy atom. The van der Waals surface area contributed by atoms with Crippen LogP contribution in [0.15, 0.2) is 53.3 Å². The van der Waals surface area contributed by atoms with Gasteiger partial charge >= 0.3 is 0 Å². The topological polar surface area (TPSA) is 65.7 Å². The summed E-state index contributed by atoms with van der Waals surface area (Å²) < 4.78 is 12.4. The number of nitrogens with zero attached hydrogens (tertiary/aromatic N) is 3. The van der Waals surface area contributed by atoms with Gasteiger partial charge in [0.2, 0.25) is 4.96 Å². The van der Waals surface area contributed by atoms with E-state index in [1.807, 2.05) is 54.6 Å². The second-order valence-electron chi connectivity index (χ2n) is 5.52. The van der Waals surface area contributed by atoms with Crippen molar-refractivity contribution >= 4 is 22.4 Å². The van der Waals surface area contributed by atoms with Crippen molar-refractivity contribution in [1.82, 2.24) is 14.6 Å². The lowest BCUT2D eigenvalue weighted by molar-refractivity contribution is 0.415. The molecule has 2 heterocycles. The lowest BCUT2D eigenvalue weighted by atomic mass is 10.2. The molecule has 0 aliphatic rings. The molecule has 0 radical (unpaired) electrons. The number of aromatic nitrogens is 3. The molecule has 0 spiro atoms. The fourth-order valence-corrected chi connectivity index (χ4v) is 3.54. The average Bonchev–Trinajstić information content (AvgIpc) is 3.22. The van der Waals surface area contributed by atoms with Crippen LogP contribution in [0.2, 0.25) is 0 Å². The van der Waals surface area contributed by atoms with Crippen molar-refractivity contribution in [3.8, 4) is 22.9 Å². The van der Waals surface area contributed by atoms with Crippen molar-refractivity contribution in [3.63, 3.8) is 0 Å². The van der Waals surface area contributed by atoms with Crippen molar-refractivity contribution in [3.05, 3.63) is 69.0 Å². The summed E-state index contributed by atoms with van der Waals surface area (Å²) in [6, 6.07) is 15.0. The van der Waals surface area contributed by atoms with Crippen LogP contribution in [0.5, 0.6) is 11.5 Å². The van der Waals surface area contributed by atoms with Gasteiger partial charge in [0.15, 0.2) is 5.82 Å². The molecule has 0 N–H and O–H groups in total. The molecule has 0 saturated heterocycles. The standard InChI is InChI=1S/C19H15N3O3S/c1-24-13-9-7-12(8-10-13)11-16-18(23)22-19(26-16)20-17(21-22)14-5-3-4-6-15(14)25-2/h3-11H,1-2H3/b16-11-. The maximum absolute atomic E-state index is 12.6. The molecule has 0 atom stereocenters. The van der Waals surface area contributed by atoms with Crippen LogP contribution < -0.4 is 19.6 Å². The van der Waals surface area contributed by atoms with Crippen LogP contribution in [-0.4, -0.2) is 28.8 Å². The summed E-state index contributed by atoms with van der Waals surface area (Å²) >= 11 is 1.31. The van der Waals surface area contributed by atoms with Gasteiger partial charge in [-0.2, -0.15) is 9.50 Å². The summed E-state index contributed by atoms with van der Waals surface area (Å²) in [5.74, 6) is 1.92. The third-order valence-electron chi connectivity index (χ3n) is 3.94. The number of benzene rings is 2. The highest BCUT2D eigenvalue weighted by molar-refractivity contribution is 7.15. The molecule has 2 aromatic carbocycles. The number of hydrogen-bond donors (Lipinski definition) is 0. The fraction of sp³-hybridized carbons (Fsp3) is 0.105. The number of thiazole rings is 1. The Balaban J connectivity index is 1.78. The van der Waals surface area contributed by atoms with Gasteiger partial charge in [0.05, 0.1) is 24.3 Å². The second kappa shape index (κ2) is 6.61. The highest BCUT2D eigenvalue weighted by Gasteiger charge is 2.14. The highest BCUT2D eigenvalue weighted by Crippen LogP contribution is 2.27. The normalized spacial score (nSPS) is 11.8. The number of fused-ring (bicyclic) bond motifs is 1. The molecule has 130 valence electrons. The van der Waals surface area contributed by atoms with Gasteiger partial charge in [0, 0.05) is 0 Å². The van der Waals surface area contributed by atoms with E-state index in [1.165, 1.54) is 15.9 Å². The number of ether oxygens (including phenoxy) is 2. The second-order valence-corrected chi connectivity index (χ2v) is 6.53. The van der Waals surface area contributed by atoms with E-state index in [9.17, 15) is 4.79 Å². The summed E-state index contributed by atoms with van der Waals surface area (Å²) in [4.78, 5) is 17.7. The SMILES string of the molecule is COc1ccc(/C=c2\sc3nc(-c4ccccc4OC)nn3c2=O)cc1. The Morgan fingerprint density at radius 1 is 1.04 bits per heavy atom. The molecule has 0 saturated carbocycles. The van der Waals surface area contributed by atoms with Gasteiger partial charge in [-0.05, 0) is 35.9 Å². The van der Waals surface area contributed by atoms with Crippen LogP contribution in [0.25, 0.3) is 22.4 Å². The minimum absolute atomic E-state index is 0.186. The molecule has 4 rings (SSSR count). The third kappa shape index (κ3) is 2.82. The summed E-state index contributed by atoms with van der Waals surface area (Å²) in [5.41, 5.74) is 1.48. The first-order valence-electron chi connectivity index (χ1n) is 7.88. The predicted octanol–water partition coefficient (Wildman–Crippen LogP) is 2.38. The van der Waals surface area contributed by atoms with Gasteiger partial charge in [-0.25, -0.2) is 0 Å². The molecule has 7 heteroatoms. The van der Waals surface area contributed by atoms with Crippen LogP contribution >= 0.6 is 11.3 Å². The van der Waals surface area contributed by atoms with Crippen molar-refractivity contribution in [2.75, 3.05) is 14.2 Å². The summed E-state index contributed by atoms with van der Waals surface area (Å²) in [7, 11) is 3.21. The molecular weight excluding hydrogens is 350 g/mol. The van der Waals surface area contributed by atoms with E-state index in [-0.39, 0.29) is 5.56 Å². The van der Waals surface area contributed by atoms with E-state index in [0.717, 1.165) is 16.9 Å². The average molecular weight is 365 g/mol. The van der Waals surface area contributed by atoms with E-state index in [1.54, 1.807) is 14.2 Å². The summed E-state index contributed by atoms with van der Waals surface area (Å²) in [6.45, 7) is 0. The molecule has 4 aromatic rings. The zero-order valence-electron chi connectivity index (χ0n) is 14.2. The van der Waals surface area contributed by atoms with E-state index in [4.69, 9.17) is 9.47 Å². The number of hydrogen-bond acceptors (Lipinski definition) is 6. The molecular formula is C19H15N3O3S. The summed E-state index contributed by atoms with van der Waals surface area (Å²) in [5, 5.41) is 4.36. The molecule has 0 aliphatic heterocycles. The maximum Gasteiger partial charge on any atom is 0.291 e. The van der Waals surface area contributed by atoms with E-state index < -0.39 is 0 Å². The number of rotatable bonds is 4. The molecule has 0 bridgehead atoms. The Kier molecular flexibility index (Phi) is 4.14. The first-order chi connectivity index (χ1) is 12.7. The quantitative estimate of drug-likeness (QED) is 0.556. The molecule has 6 nitrogen and oxygen atoms in total. The number of para-hydroxylation sites is 1. The van der Waals surface area contributed by atoms with Crippen LogP contribution in [-0.2, 0) is 0 Å². The van der Waals surface area contributed by atoms with E-state index in [0.29, 0.717) is 21.1 Å². The van der Waals surface area contributed by atoms with Gasteiger partial charge < -0.3 is 9.47 Å². The Hall–Kier alpha value is -3.19. The van der Waals surface area contributed by atoms with Crippen molar-refractivity contribution in [1.29, 1.82) is 0 Å². The monoisotopic (exact) mass is 365 g/mol. The van der Waals surface area contributed by atoms with Crippen LogP contribution in [0.3, 0.4) is 0 Å². The minimum atomic E-state index is -0.186. The van der Waals surface area contributed by atoms with Crippen molar-refractivity contribution in [2.24, 2.45) is 0 Å². The Labute approximate surface area is 153 Å². The van der Waals surface area contributed by atoms with Crippen LogP contribution in [0.4, 0.5) is 0 Å². The largest absolute Gasteiger partial charge is 0.497 e. The highest BCUT2D eigenvalue weighted by atomic mass is 32.1. The first kappa shape index (κ1) is 16.3. The smallest absolute Gasteiger partial charge is 0.291 e. The van der Waals surface area contributed by atoms with Crippen molar-refractivity contribution in [2.45, 2.75) is 0 Å². The Bertz CT molecular complexity index is 1180. The lowest BCUT2D eigenvalue weighted by Gasteiger charge is -2.03. The molecule has 0 aliphatic carbocycles.